The highest BCUT2D eigenvalue weighted by Gasteiger charge is 2.28. The molecule has 414 valence electrons. The molecule has 11 nitrogen and oxygen atoms in total. The Labute approximate surface area is 439 Å². The Morgan fingerprint density at radius 3 is 1.19 bits per heavy atom. The normalized spacial score (nSPS) is 14.0. The van der Waals surface area contributed by atoms with Crippen LogP contribution in [0.1, 0.15) is 239 Å². The van der Waals surface area contributed by atoms with E-state index >= 15 is 0 Å². The van der Waals surface area contributed by atoms with E-state index in [2.05, 4.69) is 93.7 Å². The van der Waals surface area contributed by atoms with Crippen LogP contribution in [0.3, 0.4) is 0 Å². The summed E-state index contributed by atoms with van der Waals surface area (Å²) >= 11 is 0. The quantitative estimate of drug-likeness (QED) is 0.0197. The molecule has 12 heteroatoms. The van der Waals surface area contributed by atoms with Crippen LogP contribution in [0.4, 0.5) is 0 Å². The van der Waals surface area contributed by atoms with Gasteiger partial charge in [-0.15, -0.1) is 0 Å². The molecule has 0 aliphatic carbocycles. The molecule has 0 spiro atoms. The second-order valence-electron chi connectivity index (χ2n) is 18.7. The summed E-state index contributed by atoms with van der Waals surface area (Å²) in [5.41, 5.74) is 0. The number of aliphatic hydroxyl groups excluding tert-OH is 1. The Hall–Kier alpha value is -3.34. The van der Waals surface area contributed by atoms with Crippen LogP contribution in [0.2, 0.25) is 0 Å². The zero-order valence-electron chi connectivity index (χ0n) is 45.6. The lowest BCUT2D eigenvalue weighted by atomic mass is 10.1. The first-order valence-corrected chi connectivity index (χ1v) is 30.0. The molecule has 0 heterocycles. The van der Waals surface area contributed by atoms with Crippen LogP contribution in [0.5, 0.6) is 0 Å². The number of rotatable bonds is 52. The molecular weight excluding hydrogens is 928 g/mol. The summed E-state index contributed by atoms with van der Waals surface area (Å²) in [6.45, 7) is 4.41. The summed E-state index contributed by atoms with van der Waals surface area (Å²) in [6.07, 6.45) is 61.4. The Morgan fingerprint density at radius 2 is 0.750 bits per heavy atom. The fourth-order valence-electron chi connectivity index (χ4n) is 7.49. The maximum absolute atomic E-state index is 12.9. The molecule has 0 aliphatic rings. The molecule has 0 aliphatic heterocycles. The van der Waals surface area contributed by atoms with E-state index in [9.17, 15) is 28.9 Å². The molecule has 0 aromatic carbocycles. The van der Waals surface area contributed by atoms with E-state index in [-0.39, 0.29) is 25.9 Å². The predicted octanol–water partition coefficient (Wildman–Crippen LogP) is 16.7. The summed E-state index contributed by atoms with van der Waals surface area (Å²) in [7, 11) is -4.76. The van der Waals surface area contributed by atoms with Gasteiger partial charge in [0.2, 0.25) is 0 Å². The smallest absolute Gasteiger partial charge is 0.462 e. The zero-order valence-corrected chi connectivity index (χ0v) is 46.5. The van der Waals surface area contributed by atoms with E-state index in [0.29, 0.717) is 25.7 Å². The van der Waals surface area contributed by atoms with Crippen molar-refractivity contribution in [1.29, 1.82) is 0 Å². The van der Waals surface area contributed by atoms with Crippen molar-refractivity contribution in [3.8, 4) is 0 Å². The molecule has 0 saturated heterocycles. The van der Waals surface area contributed by atoms with Gasteiger partial charge >= 0.3 is 25.7 Å². The van der Waals surface area contributed by atoms with E-state index < -0.39 is 57.8 Å². The van der Waals surface area contributed by atoms with Gasteiger partial charge in [-0.25, -0.2) is 4.57 Å². The van der Waals surface area contributed by atoms with Crippen LogP contribution in [0.15, 0.2) is 85.1 Å². The highest BCUT2D eigenvalue weighted by Crippen LogP contribution is 2.43. The first-order chi connectivity index (χ1) is 35.2. The number of unbranched alkanes of at least 4 members (excludes halogenated alkanes) is 21. The Morgan fingerprint density at radius 1 is 0.403 bits per heavy atom. The van der Waals surface area contributed by atoms with Crippen LogP contribution >= 0.6 is 7.82 Å². The number of aliphatic hydroxyl groups is 1. The van der Waals surface area contributed by atoms with E-state index in [1.165, 1.54) is 96.3 Å². The molecule has 0 aromatic rings. The van der Waals surface area contributed by atoms with Gasteiger partial charge in [-0.1, -0.05) is 221 Å². The Kier molecular flexibility index (Phi) is 51.4. The Balaban J connectivity index is 4.84. The van der Waals surface area contributed by atoms with Gasteiger partial charge in [0, 0.05) is 19.3 Å². The lowest BCUT2D eigenvalue weighted by molar-refractivity contribution is -0.161. The second kappa shape index (κ2) is 53.9. The van der Waals surface area contributed by atoms with Gasteiger partial charge in [0.1, 0.15) is 12.7 Å². The standard InChI is InChI=1S/C60H103O11P/c1-4-7-10-13-16-19-21-23-25-27-28-30-32-34-36-39-42-45-48-51-60(64)71-57(53-67-58(62)49-46-43-40-38-35-33-31-29-26-24-22-20-17-14-11-8-5-2)55-69-72(65,66)68-54-56(52-61)70-59(63)50-47-44-41-37-18-15-12-9-6-3/h7,10,16,19,23-26,28,30,34,36,42,45,56-57,61H,4-6,8-9,11-15,17-18,20-22,27,29,31-33,35,37-41,43-44,46-55H2,1-3H3,(H,65,66)/b10-7-,19-16-,25-23-,26-24-,30-28-,36-34-,45-42-. The number of phosphoric ester groups is 1. The minimum Gasteiger partial charge on any atom is -0.462 e. The van der Waals surface area contributed by atoms with Crippen molar-refractivity contribution in [2.24, 2.45) is 0 Å². The number of ether oxygens (including phenoxy) is 3. The second-order valence-corrected chi connectivity index (χ2v) is 20.2. The number of allylic oxidation sites excluding steroid dienone is 14. The number of esters is 3. The maximum Gasteiger partial charge on any atom is 0.472 e. The number of carbonyl (C=O) groups is 3. The van der Waals surface area contributed by atoms with Gasteiger partial charge in [-0.2, -0.15) is 0 Å². The van der Waals surface area contributed by atoms with Crippen molar-refractivity contribution >= 4 is 25.7 Å². The molecule has 0 radical (unpaired) electrons. The molecule has 2 N–H and O–H groups in total. The van der Waals surface area contributed by atoms with Crippen LogP contribution in [-0.4, -0.2) is 66.5 Å². The number of phosphoric acid groups is 1. The SMILES string of the molecule is CC/C=C\C/C=C\C/C=C\C/C=C\C/C=C\C/C=C\CCC(=O)OC(COC(=O)CCCCCCCCC/C=C\CCCCCCCC)COP(=O)(O)OCC(CO)OC(=O)CCCCCCCCCCC. The average molecular weight is 1030 g/mol. The van der Waals surface area contributed by atoms with Crippen molar-refractivity contribution < 1.29 is 52.2 Å². The average Bonchev–Trinajstić information content (AvgIpc) is 3.37. The molecule has 0 rings (SSSR count). The van der Waals surface area contributed by atoms with Crippen LogP contribution < -0.4 is 0 Å². The molecule has 3 unspecified atom stereocenters. The molecule has 0 saturated carbocycles. The van der Waals surface area contributed by atoms with Gasteiger partial charge in [0.15, 0.2) is 6.10 Å². The lowest BCUT2D eigenvalue weighted by Crippen LogP contribution is -2.30. The molecule has 0 bridgehead atoms. The highest BCUT2D eigenvalue weighted by molar-refractivity contribution is 7.47. The molecule has 0 aromatic heterocycles. The third kappa shape index (κ3) is 51.6. The fraction of sp³-hybridized carbons (Fsp3) is 0.717. The van der Waals surface area contributed by atoms with Crippen molar-refractivity contribution in [3.05, 3.63) is 85.1 Å². The van der Waals surface area contributed by atoms with Crippen molar-refractivity contribution in [3.63, 3.8) is 0 Å². The highest BCUT2D eigenvalue weighted by atomic mass is 31.2. The van der Waals surface area contributed by atoms with Gasteiger partial charge in [0.05, 0.1) is 19.8 Å². The predicted molar refractivity (Wildman–Crippen MR) is 298 cm³/mol. The summed E-state index contributed by atoms with van der Waals surface area (Å²) in [4.78, 5) is 48.4. The molecule has 0 amide bonds. The zero-order chi connectivity index (χ0) is 52.7. The van der Waals surface area contributed by atoms with E-state index in [0.717, 1.165) is 77.0 Å². The minimum absolute atomic E-state index is 0.0401. The van der Waals surface area contributed by atoms with E-state index in [1.54, 1.807) is 0 Å². The summed E-state index contributed by atoms with van der Waals surface area (Å²) in [5, 5.41) is 9.77. The van der Waals surface area contributed by atoms with Gasteiger partial charge in [-0.3, -0.25) is 23.4 Å². The van der Waals surface area contributed by atoms with E-state index in [4.69, 9.17) is 23.3 Å². The summed E-state index contributed by atoms with van der Waals surface area (Å²) < 4.78 is 39.3. The monoisotopic (exact) mass is 1030 g/mol. The van der Waals surface area contributed by atoms with E-state index in [1.807, 2.05) is 12.2 Å². The number of hydrogen-bond acceptors (Lipinski definition) is 10. The molecular formula is C60H103O11P. The fourth-order valence-corrected chi connectivity index (χ4v) is 8.28. The van der Waals surface area contributed by atoms with Crippen molar-refractivity contribution in [2.45, 2.75) is 251 Å². The molecule has 3 atom stereocenters. The lowest BCUT2D eigenvalue weighted by Gasteiger charge is -2.21. The third-order valence-corrected chi connectivity index (χ3v) is 12.8. The molecule has 72 heavy (non-hydrogen) atoms. The maximum atomic E-state index is 12.9. The van der Waals surface area contributed by atoms with Gasteiger partial charge in [0.25, 0.3) is 0 Å². The third-order valence-electron chi connectivity index (χ3n) is 11.8. The van der Waals surface area contributed by atoms with Gasteiger partial charge in [-0.05, 0) is 83.5 Å². The number of hydrogen-bond donors (Lipinski definition) is 2. The van der Waals surface area contributed by atoms with Crippen LogP contribution in [0, 0.1) is 0 Å². The van der Waals surface area contributed by atoms with Crippen LogP contribution in [-0.2, 0) is 42.2 Å². The van der Waals surface area contributed by atoms with Crippen molar-refractivity contribution in [1.82, 2.24) is 0 Å². The Bertz CT molecular complexity index is 1530. The first kappa shape index (κ1) is 68.7. The van der Waals surface area contributed by atoms with Gasteiger partial charge < -0.3 is 24.2 Å². The largest absolute Gasteiger partial charge is 0.472 e. The van der Waals surface area contributed by atoms with Crippen molar-refractivity contribution in [2.75, 3.05) is 26.4 Å². The minimum atomic E-state index is -4.76. The first-order valence-electron chi connectivity index (χ1n) is 28.5. The summed E-state index contributed by atoms with van der Waals surface area (Å²) in [6, 6.07) is 0. The number of carbonyl (C=O) groups excluding carboxylic acids is 3. The molecule has 0 fully saturated rings. The topological polar surface area (TPSA) is 155 Å². The van der Waals surface area contributed by atoms with Crippen LogP contribution in [0.25, 0.3) is 0 Å². The summed E-state index contributed by atoms with van der Waals surface area (Å²) in [5.74, 6) is -1.57.